The Balaban J connectivity index is 2.57. The van der Waals surface area contributed by atoms with Crippen LogP contribution in [0.15, 0.2) is 23.8 Å². The van der Waals surface area contributed by atoms with Crippen LogP contribution in [0.1, 0.15) is 29.3 Å². The van der Waals surface area contributed by atoms with Gasteiger partial charge in [0.15, 0.2) is 0 Å². The quantitative estimate of drug-likeness (QED) is 0.932. The second-order valence-corrected chi connectivity index (χ2v) is 5.45. The highest BCUT2D eigenvalue weighted by molar-refractivity contribution is 7.09. The molecule has 0 unspecified atom stereocenters. The zero-order valence-corrected chi connectivity index (χ0v) is 10.9. The van der Waals surface area contributed by atoms with Crippen LogP contribution in [0.25, 0.3) is 0 Å². The molecule has 2 rings (SSSR count). The Hall–Kier alpha value is -1.33. The summed E-state index contributed by atoms with van der Waals surface area (Å²) in [6.07, 6.45) is 3.32. The highest BCUT2D eigenvalue weighted by Crippen LogP contribution is 2.31. The van der Waals surface area contributed by atoms with E-state index < -0.39 is 11.5 Å². The maximum Gasteiger partial charge on any atom is 0.352 e. The molecule has 0 aliphatic heterocycles. The van der Waals surface area contributed by atoms with E-state index in [0.29, 0.717) is 5.02 Å². The van der Waals surface area contributed by atoms with Crippen LogP contribution >= 0.6 is 22.9 Å². The van der Waals surface area contributed by atoms with Crippen molar-refractivity contribution in [1.82, 2.24) is 9.55 Å². The molecule has 0 bridgehead atoms. The van der Waals surface area contributed by atoms with E-state index in [1.54, 1.807) is 17.0 Å². The molecule has 6 heteroatoms. The fourth-order valence-corrected chi connectivity index (χ4v) is 2.65. The van der Waals surface area contributed by atoms with E-state index in [9.17, 15) is 4.79 Å². The summed E-state index contributed by atoms with van der Waals surface area (Å²) in [6.45, 7) is 3.82. The summed E-state index contributed by atoms with van der Waals surface area (Å²) in [5, 5.41) is 12.3. The van der Waals surface area contributed by atoms with Gasteiger partial charge in [-0.1, -0.05) is 11.6 Å². The number of carbonyl (C=O) groups is 1. The van der Waals surface area contributed by atoms with Gasteiger partial charge in [-0.2, -0.15) is 0 Å². The number of rotatable bonds is 3. The molecule has 0 atom stereocenters. The standard InChI is InChI=1S/C11H11ClN2O2S/c1-11(2,10-13-3-4-17-10)14-6-7(12)5-8(14)9(15)16/h3-6H,1-2H3,(H,15,16). The molecule has 0 aromatic carbocycles. The van der Waals surface area contributed by atoms with E-state index in [4.69, 9.17) is 16.7 Å². The third kappa shape index (κ3) is 2.08. The Morgan fingerprint density at radius 3 is 2.82 bits per heavy atom. The maximum absolute atomic E-state index is 11.2. The fourth-order valence-electron chi connectivity index (χ4n) is 1.69. The zero-order chi connectivity index (χ0) is 12.6. The van der Waals surface area contributed by atoms with Crippen molar-refractivity contribution in [2.75, 3.05) is 0 Å². The van der Waals surface area contributed by atoms with Gasteiger partial charge in [0.25, 0.3) is 0 Å². The summed E-state index contributed by atoms with van der Waals surface area (Å²) in [7, 11) is 0. The van der Waals surface area contributed by atoms with Crippen LogP contribution in [0.5, 0.6) is 0 Å². The lowest BCUT2D eigenvalue weighted by atomic mass is 10.1. The summed E-state index contributed by atoms with van der Waals surface area (Å²) in [6, 6.07) is 1.44. The highest BCUT2D eigenvalue weighted by atomic mass is 35.5. The van der Waals surface area contributed by atoms with Gasteiger partial charge >= 0.3 is 5.97 Å². The molecule has 0 spiro atoms. The molecule has 1 N–H and O–H groups in total. The monoisotopic (exact) mass is 270 g/mol. The Morgan fingerprint density at radius 2 is 2.29 bits per heavy atom. The molecule has 4 nitrogen and oxygen atoms in total. The van der Waals surface area contributed by atoms with E-state index in [0.717, 1.165) is 5.01 Å². The van der Waals surface area contributed by atoms with Crippen LogP contribution in [0.3, 0.4) is 0 Å². The molecule has 2 aromatic rings. The number of halogens is 1. The maximum atomic E-state index is 11.2. The van der Waals surface area contributed by atoms with Gasteiger partial charge in [0.05, 0.1) is 10.6 Å². The lowest BCUT2D eigenvalue weighted by molar-refractivity contribution is 0.0680. The Bertz CT molecular complexity index is 546. The number of aromatic carboxylic acids is 1. The SMILES string of the molecule is CC(C)(c1nccs1)n1cc(Cl)cc1C(=O)O. The number of carboxylic acid groups (broad SMARTS) is 1. The first kappa shape index (κ1) is 12.1. The minimum absolute atomic E-state index is 0.162. The molecule has 2 heterocycles. The third-order valence-electron chi connectivity index (χ3n) is 2.56. The van der Waals surface area contributed by atoms with Crippen LogP contribution in [0.4, 0.5) is 0 Å². The second kappa shape index (κ2) is 4.16. The fraction of sp³-hybridized carbons (Fsp3) is 0.273. The average molecular weight is 271 g/mol. The summed E-state index contributed by atoms with van der Waals surface area (Å²) in [5.74, 6) is -0.999. The van der Waals surface area contributed by atoms with Gasteiger partial charge in [-0.25, -0.2) is 9.78 Å². The summed E-state index contributed by atoms with van der Waals surface area (Å²) >= 11 is 7.36. The molecular formula is C11H11ClN2O2S. The number of carboxylic acids is 1. The number of hydrogen-bond acceptors (Lipinski definition) is 3. The smallest absolute Gasteiger partial charge is 0.352 e. The molecule has 0 saturated carbocycles. The predicted molar refractivity (Wildman–Crippen MR) is 66.9 cm³/mol. The molecule has 0 aliphatic carbocycles. The molecule has 0 fully saturated rings. The van der Waals surface area contributed by atoms with E-state index >= 15 is 0 Å². The molecule has 0 saturated heterocycles. The number of nitrogens with zero attached hydrogens (tertiary/aromatic N) is 2. The number of aromatic nitrogens is 2. The van der Waals surface area contributed by atoms with Crippen LogP contribution in [-0.4, -0.2) is 20.6 Å². The summed E-state index contributed by atoms with van der Waals surface area (Å²) in [4.78, 5) is 15.4. The van der Waals surface area contributed by atoms with Crippen LogP contribution in [0.2, 0.25) is 5.02 Å². The minimum atomic E-state index is -0.999. The first-order valence-electron chi connectivity index (χ1n) is 4.94. The largest absolute Gasteiger partial charge is 0.477 e. The predicted octanol–water partition coefficient (Wildman–Crippen LogP) is 3.08. The van der Waals surface area contributed by atoms with E-state index in [2.05, 4.69) is 4.98 Å². The van der Waals surface area contributed by atoms with Crippen molar-refractivity contribution in [3.8, 4) is 0 Å². The van der Waals surface area contributed by atoms with E-state index in [1.165, 1.54) is 17.4 Å². The third-order valence-corrected chi connectivity index (χ3v) is 3.86. The molecule has 0 radical (unpaired) electrons. The van der Waals surface area contributed by atoms with Gasteiger partial charge in [0.1, 0.15) is 10.7 Å². The van der Waals surface area contributed by atoms with Gasteiger partial charge in [-0.05, 0) is 19.9 Å². The van der Waals surface area contributed by atoms with Gasteiger partial charge in [-0.3, -0.25) is 0 Å². The Morgan fingerprint density at radius 1 is 1.59 bits per heavy atom. The minimum Gasteiger partial charge on any atom is -0.477 e. The van der Waals surface area contributed by atoms with Gasteiger partial charge in [-0.15, -0.1) is 11.3 Å². The lowest BCUT2D eigenvalue weighted by Gasteiger charge is -2.26. The van der Waals surface area contributed by atoms with Crippen molar-refractivity contribution in [3.63, 3.8) is 0 Å². The lowest BCUT2D eigenvalue weighted by Crippen LogP contribution is -2.29. The molecule has 0 aliphatic rings. The first-order chi connectivity index (χ1) is 7.93. The summed E-state index contributed by atoms with van der Waals surface area (Å²) < 4.78 is 1.64. The van der Waals surface area contributed by atoms with Crippen molar-refractivity contribution >= 4 is 28.9 Å². The van der Waals surface area contributed by atoms with Crippen LogP contribution in [-0.2, 0) is 5.54 Å². The average Bonchev–Trinajstić information content (AvgIpc) is 2.84. The van der Waals surface area contributed by atoms with E-state index in [1.807, 2.05) is 19.2 Å². The number of hydrogen-bond donors (Lipinski definition) is 1. The van der Waals surface area contributed by atoms with Crippen LogP contribution < -0.4 is 0 Å². The Kier molecular flexibility index (Phi) is 2.97. The second-order valence-electron chi connectivity index (χ2n) is 4.11. The Labute approximate surface area is 107 Å². The van der Waals surface area contributed by atoms with Crippen molar-refractivity contribution in [2.24, 2.45) is 0 Å². The van der Waals surface area contributed by atoms with Gasteiger partial charge in [0, 0.05) is 17.8 Å². The molecule has 0 amide bonds. The molecule has 90 valence electrons. The topological polar surface area (TPSA) is 55.1 Å². The van der Waals surface area contributed by atoms with Gasteiger partial charge < -0.3 is 9.67 Å². The number of thiazole rings is 1. The first-order valence-corrected chi connectivity index (χ1v) is 6.20. The summed E-state index contributed by atoms with van der Waals surface area (Å²) in [5.41, 5.74) is -0.370. The molecule has 17 heavy (non-hydrogen) atoms. The van der Waals surface area contributed by atoms with Crippen molar-refractivity contribution in [2.45, 2.75) is 19.4 Å². The highest BCUT2D eigenvalue weighted by Gasteiger charge is 2.29. The van der Waals surface area contributed by atoms with Gasteiger partial charge in [0.2, 0.25) is 0 Å². The normalized spacial score (nSPS) is 11.7. The van der Waals surface area contributed by atoms with Crippen molar-refractivity contribution in [3.05, 3.63) is 39.6 Å². The van der Waals surface area contributed by atoms with Crippen molar-refractivity contribution < 1.29 is 9.90 Å². The van der Waals surface area contributed by atoms with Crippen molar-refractivity contribution in [1.29, 1.82) is 0 Å². The molecule has 2 aromatic heterocycles. The van der Waals surface area contributed by atoms with Crippen LogP contribution in [0, 0.1) is 0 Å². The molecular weight excluding hydrogens is 260 g/mol. The van der Waals surface area contributed by atoms with E-state index in [-0.39, 0.29) is 5.69 Å². The zero-order valence-electron chi connectivity index (χ0n) is 9.35.